The third kappa shape index (κ3) is 7.15. The summed E-state index contributed by atoms with van der Waals surface area (Å²) in [4.78, 5) is 18.8. The summed E-state index contributed by atoms with van der Waals surface area (Å²) in [7, 11) is -3.57. The number of rotatable bonds is 6. The quantitative estimate of drug-likeness (QED) is 0.544. The number of carbonyl (C=O) groups excluding carboxylic acids is 1. The number of piperidine rings is 1. The number of hydrogen-bond donors (Lipinski definition) is 0. The Morgan fingerprint density at radius 1 is 1.27 bits per heavy atom. The van der Waals surface area contributed by atoms with Crippen molar-refractivity contribution in [3.05, 3.63) is 41.1 Å². The largest absolute Gasteiger partial charge is 0.444 e. The van der Waals surface area contributed by atoms with Gasteiger partial charge in [-0.15, -0.1) is 0 Å². The van der Waals surface area contributed by atoms with Crippen LogP contribution in [0.2, 0.25) is 5.02 Å². The first-order valence-electron chi connectivity index (χ1n) is 10.7. The van der Waals surface area contributed by atoms with Crippen molar-refractivity contribution in [3.8, 4) is 11.3 Å². The molecule has 33 heavy (non-hydrogen) atoms. The van der Waals surface area contributed by atoms with E-state index in [0.29, 0.717) is 37.2 Å². The van der Waals surface area contributed by atoms with Crippen LogP contribution < -0.4 is 0 Å². The van der Waals surface area contributed by atoms with Crippen LogP contribution in [0.3, 0.4) is 0 Å². The number of hydrogen-bond acceptors (Lipinski definition) is 6. The van der Waals surface area contributed by atoms with Crippen molar-refractivity contribution in [3.63, 3.8) is 0 Å². The van der Waals surface area contributed by atoms with Crippen LogP contribution in [-0.2, 0) is 25.6 Å². The minimum Gasteiger partial charge on any atom is -0.444 e. The Bertz CT molecular complexity index is 1110. The molecule has 1 saturated heterocycles. The van der Waals surface area contributed by atoms with E-state index in [0.717, 1.165) is 12.1 Å². The van der Waals surface area contributed by atoms with Crippen molar-refractivity contribution < 1.29 is 26.5 Å². The van der Waals surface area contributed by atoms with E-state index in [-0.39, 0.29) is 30.2 Å². The predicted molar refractivity (Wildman–Crippen MR) is 123 cm³/mol. The third-order valence-corrected chi connectivity index (χ3v) is 6.05. The molecule has 1 amide bonds. The van der Waals surface area contributed by atoms with Gasteiger partial charge in [-0.25, -0.2) is 14.2 Å². The zero-order valence-electron chi connectivity index (χ0n) is 19.2. The minimum absolute atomic E-state index is 0.00493. The number of imidazole rings is 1. The number of carbonyl (C=O) groups is 1. The van der Waals surface area contributed by atoms with Gasteiger partial charge in [-0.2, -0.15) is 8.42 Å². The summed E-state index contributed by atoms with van der Waals surface area (Å²) in [5.74, 6) is 0.286. The molecular weight excluding hydrogens is 473 g/mol. The van der Waals surface area contributed by atoms with Gasteiger partial charge < -0.3 is 14.2 Å². The molecule has 11 heteroatoms. The van der Waals surface area contributed by atoms with Crippen LogP contribution in [0.5, 0.6) is 0 Å². The molecule has 1 aromatic heterocycles. The van der Waals surface area contributed by atoms with Crippen LogP contribution in [0.4, 0.5) is 9.18 Å². The highest BCUT2D eigenvalue weighted by atomic mass is 35.5. The van der Waals surface area contributed by atoms with Crippen LogP contribution in [0, 0.1) is 5.82 Å². The lowest BCUT2D eigenvalue weighted by atomic mass is 9.96. The maximum Gasteiger partial charge on any atom is 0.410 e. The fourth-order valence-electron chi connectivity index (χ4n) is 3.66. The highest BCUT2D eigenvalue weighted by Gasteiger charge is 2.30. The molecule has 3 rings (SSSR count). The van der Waals surface area contributed by atoms with E-state index in [4.69, 9.17) is 25.5 Å². The van der Waals surface area contributed by atoms with Gasteiger partial charge >= 0.3 is 6.09 Å². The molecule has 8 nitrogen and oxygen atoms in total. The minimum atomic E-state index is -3.57. The highest BCUT2D eigenvalue weighted by molar-refractivity contribution is 7.85. The Morgan fingerprint density at radius 2 is 1.94 bits per heavy atom. The van der Waals surface area contributed by atoms with Gasteiger partial charge in [-0.3, -0.25) is 4.18 Å². The van der Waals surface area contributed by atoms with Crippen molar-refractivity contribution in [1.29, 1.82) is 0 Å². The smallest absolute Gasteiger partial charge is 0.410 e. The fourth-order valence-corrected chi connectivity index (χ4v) is 4.22. The SMILES string of the molecule is CC(C)(C)OC(=O)N1CCC(c2nc(-c3ccc(F)c(Cl)c3)cn2CCOS(C)(=O)=O)CC1. The molecule has 0 unspecified atom stereocenters. The summed E-state index contributed by atoms with van der Waals surface area (Å²) < 4.78 is 48.5. The van der Waals surface area contributed by atoms with Crippen molar-refractivity contribution in [2.45, 2.75) is 51.7 Å². The standard InChI is InChI=1S/C22H29ClFN3O5S/c1-22(2,3)32-21(28)26-9-7-15(8-10-26)20-25-19(16-5-6-18(24)17(23)13-16)14-27(20)11-12-31-33(4,29)30/h5-6,13-15H,7-12H2,1-4H3. The number of ether oxygens (including phenoxy) is 1. The first-order chi connectivity index (χ1) is 15.3. The zero-order chi connectivity index (χ0) is 24.4. The van der Waals surface area contributed by atoms with Gasteiger partial charge in [-0.05, 0) is 51.8 Å². The summed E-state index contributed by atoms with van der Waals surface area (Å²) in [6.07, 6.45) is 3.79. The van der Waals surface area contributed by atoms with Crippen LogP contribution in [0.1, 0.15) is 45.4 Å². The lowest BCUT2D eigenvalue weighted by Gasteiger charge is -2.33. The van der Waals surface area contributed by atoms with Gasteiger partial charge in [0, 0.05) is 37.3 Å². The molecule has 1 aromatic carbocycles. The van der Waals surface area contributed by atoms with E-state index >= 15 is 0 Å². The third-order valence-electron chi connectivity index (χ3n) is 5.16. The number of likely N-dealkylation sites (tertiary alicyclic amines) is 1. The predicted octanol–water partition coefficient (Wildman–Crippen LogP) is 4.43. The summed E-state index contributed by atoms with van der Waals surface area (Å²) in [5, 5.41) is -0.00493. The molecule has 0 radical (unpaired) electrons. The summed E-state index contributed by atoms with van der Waals surface area (Å²) in [6, 6.07) is 4.38. The summed E-state index contributed by atoms with van der Waals surface area (Å²) >= 11 is 5.94. The van der Waals surface area contributed by atoms with Crippen molar-refractivity contribution >= 4 is 27.8 Å². The molecule has 2 aromatic rings. The second-order valence-corrected chi connectivity index (χ2v) is 11.1. The Hall–Kier alpha value is -2.17. The van der Waals surface area contributed by atoms with E-state index < -0.39 is 21.5 Å². The Labute approximate surface area is 198 Å². The van der Waals surface area contributed by atoms with E-state index in [9.17, 15) is 17.6 Å². The Morgan fingerprint density at radius 3 is 2.52 bits per heavy atom. The van der Waals surface area contributed by atoms with Crippen molar-refractivity contribution in [2.75, 3.05) is 26.0 Å². The van der Waals surface area contributed by atoms with Gasteiger partial charge in [0.1, 0.15) is 17.2 Å². The molecule has 0 atom stereocenters. The average Bonchev–Trinajstić information content (AvgIpc) is 3.12. The number of amides is 1. The summed E-state index contributed by atoms with van der Waals surface area (Å²) in [6.45, 7) is 6.76. The lowest BCUT2D eigenvalue weighted by Crippen LogP contribution is -2.41. The molecule has 2 heterocycles. The highest BCUT2D eigenvalue weighted by Crippen LogP contribution is 2.31. The van der Waals surface area contributed by atoms with E-state index in [2.05, 4.69) is 0 Å². The molecule has 1 fully saturated rings. The number of benzene rings is 1. The zero-order valence-corrected chi connectivity index (χ0v) is 20.7. The molecule has 182 valence electrons. The number of aromatic nitrogens is 2. The number of halogens is 2. The number of nitrogens with zero attached hydrogens (tertiary/aromatic N) is 3. The Kier molecular flexibility index (Phi) is 7.70. The van der Waals surface area contributed by atoms with Crippen LogP contribution in [0.25, 0.3) is 11.3 Å². The van der Waals surface area contributed by atoms with E-state index in [1.165, 1.54) is 12.1 Å². The molecule has 0 aliphatic carbocycles. The van der Waals surface area contributed by atoms with Crippen LogP contribution in [0.15, 0.2) is 24.4 Å². The fraction of sp³-hybridized carbons (Fsp3) is 0.545. The first kappa shape index (κ1) is 25.5. The Balaban J connectivity index is 1.79. The van der Waals surface area contributed by atoms with Crippen molar-refractivity contribution in [2.24, 2.45) is 0 Å². The molecular formula is C22H29ClFN3O5S. The van der Waals surface area contributed by atoms with E-state index in [1.807, 2.05) is 25.3 Å². The second-order valence-electron chi connectivity index (χ2n) is 9.07. The molecule has 1 aliphatic heterocycles. The monoisotopic (exact) mass is 501 g/mol. The molecule has 0 N–H and O–H groups in total. The molecule has 0 spiro atoms. The van der Waals surface area contributed by atoms with Gasteiger partial charge in [0.2, 0.25) is 0 Å². The van der Waals surface area contributed by atoms with Gasteiger partial charge in [0.05, 0.1) is 23.6 Å². The maximum atomic E-state index is 13.6. The van der Waals surface area contributed by atoms with Crippen molar-refractivity contribution in [1.82, 2.24) is 14.5 Å². The summed E-state index contributed by atoms with van der Waals surface area (Å²) in [5.41, 5.74) is 0.687. The molecule has 1 aliphatic rings. The van der Waals surface area contributed by atoms with Gasteiger partial charge in [0.25, 0.3) is 10.1 Å². The van der Waals surface area contributed by atoms with Gasteiger partial charge in [0.15, 0.2) is 0 Å². The molecule has 0 bridgehead atoms. The first-order valence-corrected chi connectivity index (χ1v) is 12.9. The van der Waals surface area contributed by atoms with E-state index in [1.54, 1.807) is 17.2 Å². The normalized spacial score (nSPS) is 15.6. The second kappa shape index (κ2) is 9.99. The van der Waals surface area contributed by atoms with Gasteiger partial charge in [-0.1, -0.05) is 11.6 Å². The maximum absolute atomic E-state index is 13.6. The lowest BCUT2D eigenvalue weighted by molar-refractivity contribution is 0.0202. The topological polar surface area (TPSA) is 90.7 Å². The average molecular weight is 502 g/mol. The van der Waals surface area contributed by atoms with Crippen LogP contribution in [-0.4, -0.2) is 60.5 Å². The van der Waals surface area contributed by atoms with Crippen LogP contribution >= 0.6 is 11.6 Å². The molecule has 0 saturated carbocycles.